The summed E-state index contributed by atoms with van der Waals surface area (Å²) in [6.07, 6.45) is 1.30. The molecule has 0 atom stereocenters. The van der Waals surface area contributed by atoms with E-state index in [2.05, 4.69) is 10.3 Å². The Labute approximate surface area is 99.1 Å². The molecule has 1 heterocycles. The Morgan fingerprint density at radius 3 is 2.73 bits per heavy atom. The second-order valence-corrected chi connectivity index (χ2v) is 2.55. The molecule has 0 fully saturated rings. The summed E-state index contributed by atoms with van der Waals surface area (Å²) in [5, 5.41) is 13.1. The van der Waals surface area contributed by atoms with Gasteiger partial charge in [-0.1, -0.05) is 0 Å². The summed E-state index contributed by atoms with van der Waals surface area (Å²) in [6, 6.07) is 2.89. The van der Waals surface area contributed by atoms with Gasteiger partial charge in [0, 0.05) is 12.7 Å². The van der Waals surface area contributed by atoms with Gasteiger partial charge in [0.05, 0.1) is 17.2 Å². The Morgan fingerprint density at radius 1 is 1.53 bits per heavy atom. The number of nitrogens with zero attached hydrogens (tertiary/aromatic N) is 1. The number of aromatic nitrogens is 1. The van der Waals surface area contributed by atoms with Crippen molar-refractivity contribution in [3.63, 3.8) is 0 Å². The zero-order chi connectivity index (χ0) is 10.6. The van der Waals surface area contributed by atoms with E-state index in [9.17, 15) is 14.7 Å². The molecule has 15 heavy (non-hydrogen) atoms. The second kappa shape index (κ2) is 6.22. The second-order valence-electron chi connectivity index (χ2n) is 2.55. The number of hydrogen-bond donors (Lipinski definition) is 1. The summed E-state index contributed by atoms with van der Waals surface area (Å²) in [6.45, 7) is 2.17. The molecule has 0 spiro atoms. The first-order valence-corrected chi connectivity index (χ1v) is 4.11. The fraction of sp³-hybridized carbons (Fsp3) is 0.222. The van der Waals surface area contributed by atoms with Gasteiger partial charge in [0.15, 0.2) is 0 Å². The fourth-order valence-corrected chi connectivity index (χ4v) is 1.01. The first-order valence-electron chi connectivity index (χ1n) is 4.11. The van der Waals surface area contributed by atoms with E-state index in [0.717, 1.165) is 0 Å². The first kappa shape index (κ1) is 13.7. The van der Waals surface area contributed by atoms with Crippen molar-refractivity contribution in [2.45, 2.75) is 6.92 Å². The van der Waals surface area contributed by atoms with Crippen molar-refractivity contribution >= 4 is 11.9 Å². The molecule has 6 heteroatoms. The van der Waals surface area contributed by atoms with E-state index in [1.807, 2.05) is 0 Å². The number of aromatic carboxylic acids is 1. The minimum absolute atomic E-state index is 0. The van der Waals surface area contributed by atoms with Crippen molar-refractivity contribution in [1.82, 2.24) is 10.3 Å². The monoisotopic (exact) mass is 200 g/mol. The van der Waals surface area contributed by atoms with Crippen LogP contribution in [-0.4, -0.2) is 23.4 Å². The number of amides is 1. The van der Waals surface area contributed by atoms with Crippen LogP contribution in [0.1, 0.15) is 27.8 Å². The minimum Gasteiger partial charge on any atom is -0.543 e. The number of carboxylic acids is 1. The molecule has 1 rings (SSSR count). The van der Waals surface area contributed by atoms with Gasteiger partial charge in [0.2, 0.25) is 0 Å². The van der Waals surface area contributed by atoms with Crippen molar-refractivity contribution in [1.29, 1.82) is 0 Å². The molecular formula is C9H9LiN2O3. The van der Waals surface area contributed by atoms with E-state index >= 15 is 0 Å². The van der Waals surface area contributed by atoms with Gasteiger partial charge in [-0.05, 0) is 19.1 Å². The zero-order valence-electron chi connectivity index (χ0n) is 8.61. The van der Waals surface area contributed by atoms with Gasteiger partial charge >= 0.3 is 18.9 Å². The largest absolute Gasteiger partial charge is 1.00 e. The Kier molecular flexibility index (Phi) is 5.68. The summed E-state index contributed by atoms with van der Waals surface area (Å²) in [4.78, 5) is 25.5. The molecule has 0 aliphatic carbocycles. The van der Waals surface area contributed by atoms with E-state index in [-0.39, 0.29) is 30.1 Å². The van der Waals surface area contributed by atoms with E-state index in [4.69, 9.17) is 0 Å². The number of carboxylic acid groups (broad SMARTS) is 1. The predicted molar refractivity (Wildman–Crippen MR) is 46.6 cm³/mol. The number of hydrogen-bond acceptors (Lipinski definition) is 4. The Bertz CT molecular complexity index is 368. The molecule has 74 valence electrons. The van der Waals surface area contributed by atoms with E-state index in [1.54, 1.807) is 6.92 Å². The number of pyridine rings is 1. The molecule has 1 N–H and O–H groups in total. The number of rotatable bonds is 3. The summed E-state index contributed by atoms with van der Waals surface area (Å²) in [5.41, 5.74) is -0.312. The first-order chi connectivity index (χ1) is 6.66. The standard InChI is InChI=1S/C9H10N2O3.Li/c1-2-10-8(12)6-4-3-5-11-7(6)9(13)14;/h3-5H,2H2,1H3,(H,10,12)(H,13,14);/q;+1/p-1. The van der Waals surface area contributed by atoms with Gasteiger partial charge in [0.1, 0.15) is 0 Å². The van der Waals surface area contributed by atoms with Crippen LogP contribution in [0.15, 0.2) is 18.3 Å². The molecule has 0 aliphatic heterocycles. The van der Waals surface area contributed by atoms with Gasteiger partial charge in [0.25, 0.3) is 5.91 Å². The van der Waals surface area contributed by atoms with Gasteiger partial charge in [-0.25, -0.2) is 0 Å². The van der Waals surface area contributed by atoms with Crippen LogP contribution < -0.4 is 29.3 Å². The topological polar surface area (TPSA) is 82.1 Å². The zero-order valence-corrected chi connectivity index (χ0v) is 8.61. The molecule has 0 saturated heterocycles. The van der Waals surface area contributed by atoms with Gasteiger partial charge in [-0.3, -0.25) is 9.78 Å². The third-order valence-electron chi connectivity index (χ3n) is 1.58. The summed E-state index contributed by atoms with van der Waals surface area (Å²) in [7, 11) is 0. The van der Waals surface area contributed by atoms with E-state index in [0.29, 0.717) is 6.54 Å². The van der Waals surface area contributed by atoms with Crippen molar-refractivity contribution < 1.29 is 33.6 Å². The van der Waals surface area contributed by atoms with Crippen LogP contribution in [-0.2, 0) is 0 Å². The maximum atomic E-state index is 11.3. The summed E-state index contributed by atoms with van der Waals surface area (Å²) >= 11 is 0. The molecule has 5 nitrogen and oxygen atoms in total. The van der Waals surface area contributed by atoms with Gasteiger partial charge < -0.3 is 15.2 Å². The smallest absolute Gasteiger partial charge is 0.543 e. The van der Waals surface area contributed by atoms with Crippen LogP contribution in [0.25, 0.3) is 0 Å². The average molecular weight is 200 g/mol. The molecule has 0 aliphatic rings. The van der Waals surface area contributed by atoms with Crippen LogP contribution in [0.3, 0.4) is 0 Å². The number of carbonyl (C=O) groups is 2. The van der Waals surface area contributed by atoms with Crippen LogP contribution in [0.5, 0.6) is 0 Å². The maximum Gasteiger partial charge on any atom is 1.00 e. The molecule has 1 aromatic rings. The third kappa shape index (κ3) is 3.39. The fourth-order valence-electron chi connectivity index (χ4n) is 1.01. The van der Waals surface area contributed by atoms with Crippen LogP contribution in [0.4, 0.5) is 0 Å². The molecule has 0 aromatic carbocycles. The molecule has 0 unspecified atom stereocenters. The summed E-state index contributed by atoms with van der Waals surface area (Å²) < 4.78 is 0. The van der Waals surface area contributed by atoms with Gasteiger partial charge in [-0.2, -0.15) is 0 Å². The SMILES string of the molecule is CCNC(=O)c1cccnc1C(=O)[O-].[Li+]. The quantitative estimate of drug-likeness (QED) is 0.507. The van der Waals surface area contributed by atoms with Crippen molar-refractivity contribution in [2.75, 3.05) is 6.54 Å². The molecule has 0 radical (unpaired) electrons. The average Bonchev–Trinajstić information content (AvgIpc) is 2.18. The number of nitrogens with one attached hydrogen (secondary N) is 1. The normalized spacial score (nSPS) is 8.87. The molecule has 0 saturated carbocycles. The van der Waals surface area contributed by atoms with Crippen LogP contribution in [0.2, 0.25) is 0 Å². The van der Waals surface area contributed by atoms with Crippen LogP contribution >= 0.6 is 0 Å². The van der Waals surface area contributed by atoms with Gasteiger partial charge in [-0.15, -0.1) is 0 Å². The molecule has 1 aromatic heterocycles. The van der Waals surface area contributed by atoms with Crippen molar-refractivity contribution in [3.8, 4) is 0 Å². The van der Waals surface area contributed by atoms with Crippen LogP contribution in [0, 0.1) is 0 Å². The molecule has 0 bridgehead atoms. The van der Waals surface area contributed by atoms with Crippen molar-refractivity contribution in [2.24, 2.45) is 0 Å². The Balaban J connectivity index is 0.00000196. The van der Waals surface area contributed by atoms with Crippen molar-refractivity contribution in [3.05, 3.63) is 29.6 Å². The van der Waals surface area contributed by atoms with E-state index in [1.165, 1.54) is 18.3 Å². The van der Waals surface area contributed by atoms with E-state index < -0.39 is 11.9 Å². The Hall–Kier alpha value is -1.31. The third-order valence-corrected chi connectivity index (χ3v) is 1.58. The maximum absolute atomic E-state index is 11.3. The summed E-state index contributed by atoms with van der Waals surface area (Å²) in [5.74, 6) is -1.91. The minimum atomic E-state index is -1.45. The molecular weight excluding hydrogens is 191 g/mol. The predicted octanol–water partition coefficient (Wildman–Crippen LogP) is -3.80. The number of carbonyl (C=O) groups excluding carboxylic acids is 2. The molecule has 1 amide bonds. The Morgan fingerprint density at radius 2 is 2.20 bits per heavy atom.